The van der Waals surface area contributed by atoms with E-state index >= 15 is 0 Å². The molecule has 0 bridgehead atoms. The van der Waals surface area contributed by atoms with Crippen LogP contribution in [0.15, 0.2) is 15.9 Å². The molecule has 7 heteroatoms. The van der Waals surface area contributed by atoms with Crippen LogP contribution in [0.4, 0.5) is 4.79 Å². The molecule has 0 saturated carbocycles. The fraction of sp³-hybridized carbons (Fsp3) is 0.538. The van der Waals surface area contributed by atoms with Crippen molar-refractivity contribution in [2.75, 3.05) is 7.05 Å². The summed E-state index contributed by atoms with van der Waals surface area (Å²) in [4.78, 5) is 25.6. The van der Waals surface area contributed by atoms with Crippen molar-refractivity contribution >= 4 is 39.3 Å². The molecular weight excluding hydrogens is 344 g/mol. The number of carbonyl (C=O) groups excluding carboxylic acids is 1. The van der Waals surface area contributed by atoms with Gasteiger partial charge in [-0.15, -0.1) is 11.3 Å². The van der Waals surface area contributed by atoms with Gasteiger partial charge in [0.2, 0.25) is 0 Å². The summed E-state index contributed by atoms with van der Waals surface area (Å²) in [6.45, 7) is 4.31. The summed E-state index contributed by atoms with van der Waals surface area (Å²) in [5, 5.41) is 13.6. The number of hydrogen-bond acceptors (Lipinski definition) is 3. The van der Waals surface area contributed by atoms with Gasteiger partial charge in [0.05, 0.1) is 6.54 Å². The molecule has 112 valence electrons. The van der Waals surface area contributed by atoms with Gasteiger partial charge in [0, 0.05) is 21.8 Å². The van der Waals surface area contributed by atoms with Crippen molar-refractivity contribution in [3.63, 3.8) is 0 Å². The summed E-state index contributed by atoms with van der Waals surface area (Å²) in [5.41, 5.74) is 0. The van der Waals surface area contributed by atoms with Crippen LogP contribution < -0.4 is 5.32 Å². The second-order valence-corrected chi connectivity index (χ2v) is 6.97. The molecule has 20 heavy (non-hydrogen) atoms. The van der Waals surface area contributed by atoms with Crippen LogP contribution in [0.3, 0.4) is 0 Å². The van der Waals surface area contributed by atoms with Gasteiger partial charge in [0.1, 0.15) is 6.04 Å². The average Bonchev–Trinajstić information content (AvgIpc) is 2.72. The summed E-state index contributed by atoms with van der Waals surface area (Å²) in [7, 11) is 1.65. The van der Waals surface area contributed by atoms with Crippen molar-refractivity contribution in [3.05, 3.63) is 20.8 Å². The van der Waals surface area contributed by atoms with E-state index in [4.69, 9.17) is 5.11 Å². The lowest BCUT2D eigenvalue weighted by Gasteiger charge is -2.22. The molecule has 5 nitrogen and oxygen atoms in total. The van der Waals surface area contributed by atoms with Gasteiger partial charge in [-0.2, -0.15) is 0 Å². The Kier molecular flexibility index (Phi) is 6.48. The number of urea groups is 1. The summed E-state index contributed by atoms with van der Waals surface area (Å²) in [5.74, 6) is -0.797. The van der Waals surface area contributed by atoms with E-state index in [0.717, 1.165) is 9.35 Å². The zero-order valence-corrected chi connectivity index (χ0v) is 14.1. The normalized spacial score (nSPS) is 12.2. The summed E-state index contributed by atoms with van der Waals surface area (Å²) < 4.78 is 0.981. The number of nitrogens with zero attached hydrogens (tertiary/aromatic N) is 1. The van der Waals surface area contributed by atoms with Gasteiger partial charge in [-0.25, -0.2) is 9.59 Å². The van der Waals surface area contributed by atoms with Crippen LogP contribution in [-0.4, -0.2) is 35.1 Å². The Morgan fingerprint density at radius 1 is 1.50 bits per heavy atom. The smallest absolute Gasteiger partial charge is 0.326 e. The van der Waals surface area contributed by atoms with E-state index in [9.17, 15) is 9.59 Å². The molecule has 1 heterocycles. The summed E-state index contributed by atoms with van der Waals surface area (Å²) in [6.07, 6.45) is 0.416. The minimum absolute atomic E-state index is 0.204. The Morgan fingerprint density at radius 2 is 2.15 bits per heavy atom. The molecule has 1 aromatic heterocycles. The number of hydrogen-bond donors (Lipinski definition) is 2. The Bertz CT molecular complexity index is 476. The number of carbonyl (C=O) groups is 2. The van der Waals surface area contributed by atoms with Crippen LogP contribution in [-0.2, 0) is 11.3 Å². The highest BCUT2D eigenvalue weighted by molar-refractivity contribution is 9.10. The lowest BCUT2D eigenvalue weighted by molar-refractivity contribution is -0.139. The van der Waals surface area contributed by atoms with Gasteiger partial charge in [-0.3, -0.25) is 0 Å². The van der Waals surface area contributed by atoms with Gasteiger partial charge in [0.25, 0.3) is 0 Å². The van der Waals surface area contributed by atoms with Crippen molar-refractivity contribution in [1.82, 2.24) is 10.2 Å². The fourth-order valence-electron chi connectivity index (χ4n) is 1.69. The molecule has 0 aliphatic carbocycles. The minimum Gasteiger partial charge on any atom is -0.480 e. The van der Waals surface area contributed by atoms with Gasteiger partial charge in [-0.1, -0.05) is 13.8 Å². The van der Waals surface area contributed by atoms with Crippen molar-refractivity contribution < 1.29 is 14.7 Å². The molecule has 0 spiro atoms. The predicted molar refractivity (Wildman–Crippen MR) is 82.9 cm³/mol. The van der Waals surface area contributed by atoms with Crippen molar-refractivity contribution in [2.45, 2.75) is 32.9 Å². The number of carboxylic acid groups (broad SMARTS) is 1. The summed E-state index contributed by atoms with van der Waals surface area (Å²) in [6, 6.07) is 0.722. The highest BCUT2D eigenvalue weighted by Crippen LogP contribution is 2.20. The highest BCUT2D eigenvalue weighted by atomic mass is 79.9. The van der Waals surface area contributed by atoms with Gasteiger partial charge in [-0.05, 0) is 34.3 Å². The van der Waals surface area contributed by atoms with Crippen LogP contribution >= 0.6 is 27.3 Å². The van der Waals surface area contributed by atoms with Gasteiger partial charge >= 0.3 is 12.0 Å². The molecule has 0 unspecified atom stereocenters. The number of halogens is 1. The largest absolute Gasteiger partial charge is 0.480 e. The minimum atomic E-state index is -1.00. The van der Waals surface area contributed by atoms with Crippen LogP contribution in [0, 0.1) is 5.92 Å². The first-order valence-electron chi connectivity index (χ1n) is 6.27. The summed E-state index contributed by atoms with van der Waals surface area (Å²) >= 11 is 4.91. The van der Waals surface area contributed by atoms with Crippen LogP contribution in [0.1, 0.15) is 25.1 Å². The second-order valence-electron chi connectivity index (χ2n) is 5.06. The standard InChI is InChI=1S/C13H19BrN2O3S/c1-8(2)4-11(12(17)18)15-13(19)16(3)6-10-5-9(14)7-20-10/h5,7-8,11H,4,6H2,1-3H3,(H,15,19)(H,17,18)/t11-/m0/s1. The molecule has 0 radical (unpaired) electrons. The van der Waals surface area contributed by atoms with Gasteiger partial charge < -0.3 is 15.3 Å². The fourth-order valence-corrected chi connectivity index (χ4v) is 3.20. The van der Waals surface area contributed by atoms with Gasteiger partial charge in [0.15, 0.2) is 0 Å². The highest BCUT2D eigenvalue weighted by Gasteiger charge is 2.22. The first-order valence-corrected chi connectivity index (χ1v) is 7.94. The number of aliphatic carboxylic acids is 1. The first kappa shape index (κ1) is 17.0. The van der Waals surface area contributed by atoms with E-state index in [0.29, 0.717) is 13.0 Å². The molecular formula is C13H19BrN2O3S. The lowest BCUT2D eigenvalue weighted by Crippen LogP contribution is -2.46. The molecule has 1 atom stereocenters. The molecule has 1 rings (SSSR count). The predicted octanol–water partition coefficient (Wildman–Crippen LogP) is 3.15. The molecule has 0 aliphatic rings. The third-order valence-corrected chi connectivity index (χ3v) is 4.35. The maximum absolute atomic E-state index is 12.0. The number of nitrogens with one attached hydrogen (secondary N) is 1. The zero-order chi connectivity index (χ0) is 15.3. The number of rotatable bonds is 6. The molecule has 0 aliphatic heterocycles. The lowest BCUT2D eigenvalue weighted by atomic mass is 10.0. The molecule has 0 aromatic carbocycles. The SMILES string of the molecule is CC(C)C[C@H](NC(=O)N(C)Cc1cc(Br)cs1)C(=O)O. The van der Waals surface area contributed by atoms with E-state index < -0.39 is 12.0 Å². The van der Waals surface area contributed by atoms with Crippen LogP contribution in [0.5, 0.6) is 0 Å². The molecule has 2 amide bonds. The van der Waals surface area contributed by atoms with Crippen molar-refractivity contribution in [2.24, 2.45) is 5.92 Å². The zero-order valence-electron chi connectivity index (χ0n) is 11.7. The Hall–Kier alpha value is -1.08. The van der Waals surface area contributed by atoms with E-state index in [2.05, 4.69) is 21.2 Å². The molecule has 1 aromatic rings. The Balaban J connectivity index is 2.57. The molecule has 0 saturated heterocycles. The quantitative estimate of drug-likeness (QED) is 0.816. The second kappa shape index (κ2) is 7.64. The molecule has 2 N–H and O–H groups in total. The monoisotopic (exact) mass is 362 g/mol. The van der Waals surface area contributed by atoms with E-state index in [1.807, 2.05) is 25.3 Å². The Morgan fingerprint density at radius 3 is 2.60 bits per heavy atom. The van der Waals surface area contributed by atoms with Crippen molar-refractivity contribution in [1.29, 1.82) is 0 Å². The maximum atomic E-state index is 12.0. The maximum Gasteiger partial charge on any atom is 0.326 e. The van der Waals surface area contributed by atoms with Crippen molar-refractivity contribution in [3.8, 4) is 0 Å². The first-order chi connectivity index (χ1) is 9.29. The number of carboxylic acids is 1. The topological polar surface area (TPSA) is 69.6 Å². The van der Waals surface area contributed by atoms with Crippen LogP contribution in [0.2, 0.25) is 0 Å². The third kappa shape index (κ3) is 5.50. The van der Waals surface area contributed by atoms with E-state index in [1.165, 1.54) is 4.90 Å². The molecule has 0 fully saturated rings. The Labute approximate surface area is 131 Å². The number of thiophene rings is 1. The van der Waals surface area contributed by atoms with Crippen LogP contribution in [0.25, 0.3) is 0 Å². The number of amides is 2. The third-order valence-electron chi connectivity index (χ3n) is 2.66. The average molecular weight is 363 g/mol. The van der Waals surface area contributed by atoms with E-state index in [-0.39, 0.29) is 11.9 Å². The van der Waals surface area contributed by atoms with E-state index in [1.54, 1.807) is 18.4 Å².